The molecule has 0 bridgehead atoms. The second-order valence-corrected chi connectivity index (χ2v) is 3.83. The Bertz CT molecular complexity index is 418. The van der Waals surface area contributed by atoms with Gasteiger partial charge in [-0.05, 0) is 31.9 Å². The summed E-state index contributed by atoms with van der Waals surface area (Å²) in [5.74, 6) is -0.317. The van der Waals surface area contributed by atoms with Gasteiger partial charge in [0.25, 0.3) is 0 Å². The molecule has 1 rings (SSSR count). The zero-order valence-corrected chi connectivity index (χ0v) is 9.84. The van der Waals surface area contributed by atoms with E-state index >= 15 is 0 Å². The zero-order valence-electron chi connectivity index (χ0n) is 9.84. The molecular weight excluding hydrogens is 224 g/mol. The summed E-state index contributed by atoms with van der Waals surface area (Å²) in [6, 6.07) is 2.78. The highest BCUT2D eigenvalue weighted by molar-refractivity contribution is 5.57. The number of phenolic OH excluding ortho intramolecular Hbond substituents is 1. The molecule has 0 saturated carbocycles. The average molecular weight is 240 g/mol. The van der Waals surface area contributed by atoms with E-state index in [9.17, 15) is 15.2 Å². The Hall–Kier alpha value is -1.82. The third kappa shape index (κ3) is 3.32. The van der Waals surface area contributed by atoms with Crippen molar-refractivity contribution >= 4 is 5.69 Å². The average Bonchev–Trinajstić information content (AvgIpc) is 2.21. The fourth-order valence-corrected chi connectivity index (χ4v) is 1.54. The smallest absolute Gasteiger partial charge is 0.314 e. The molecule has 0 radical (unpaired) electrons. The van der Waals surface area contributed by atoms with Crippen LogP contribution < -0.4 is 10.5 Å². The topological polar surface area (TPSA) is 98.6 Å². The lowest BCUT2D eigenvalue weighted by Crippen LogP contribution is -2.17. The number of nitro benzene ring substituents is 1. The summed E-state index contributed by atoms with van der Waals surface area (Å²) in [6.07, 6.45) is 0.487. The minimum Gasteiger partial charge on any atom is -0.500 e. The number of benzene rings is 1. The van der Waals surface area contributed by atoms with Crippen molar-refractivity contribution in [3.05, 3.63) is 27.8 Å². The molecule has 94 valence electrons. The van der Waals surface area contributed by atoms with Gasteiger partial charge in [0.2, 0.25) is 5.75 Å². The Kier molecular flexibility index (Phi) is 4.28. The van der Waals surface area contributed by atoms with Gasteiger partial charge in [-0.3, -0.25) is 10.1 Å². The van der Waals surface area contributed by atoms with E-state index in [-0.39, 0.29) is 17.5 Å². The standard InChI is InChI=1S/C11H16N2O4/c1-3-17-10-6-8(4-7(2)12)5-9(11(10)14)13(15)16/h5-7,14H,3-4,12H2,1-2H3. The number of nitrogens with two attached hydrogens (primary N) is 1. The van der Waals surface area contributed by atoms with E-state index in [4.69, 9.17) is 10.5 Å². The lowest BCUT2D eigenvalue weighted by molar-refractivity contribution is -0.386. The first-order chi connectivity index (χ1) is 7.95. The van der Waals surface area contributed by atoms with Gasteiger partial charge in [-0.2, -0.15) is 0 Å². The van der Waals surface area contributed by atoms with Crippen LogP contribution in [0.1, 0.15) is 19.4 Å². The van der Waals surface area contributed by atoms with Crippen LogP contribution in [0.2, 0.25) is 0 Å². The van der Waals surface area contributed by atoms with Crippen molar-refractivity contribution in [2.75, 3.05) is 6.61 Å². The Morgan fingerprint density at radius 2 is 2.24 bits per heavy atom. The highest BCUT2D eigenvalue weighted by Gasteiger charge is 2.20. The number of nitro groups is 1. The van der Waals surface area contributed by atoms with Crippen LogP contribution in [0, 0.1) is 10.1 Å². The summed E-state index contributed by atoms with van der Waals surface area (Å²) in [7, 11) is 0. The molecule has 6 nitrogen and oxygen atoms in total. The summed E-state index contributed by atoms with van der Waals surface area (Å²) < 4.78 is 5.15. The van der Waals surface area contributed by atoms with Gasteiger partial charge in [-0.25, -0.2) is 0 Å². The minimum atomic E-state index is -0.636. The molecule has 1 atom stereocenters. The third-order valence-electron chi connectivity index (χ3n) is 2.17. The van der Waals surface area contributed by atoms with Gasteiger partial charge < -0.3 is 15.6 Å². The van der Waals surface area contributed by atoms with Gasteiger partial charge in [0.1, 0.15) is 0 Å². The third-order valence-corrected chi connectivity index (χ3v) is 2.17. The molecule has 1 aromatic carbocycles. The number of hydrogen-bond acceptors (Lipinski definition) is 5. The summed E-state index contributed by atoms with van der Waals surface area (Å²) >= 11 is 0. The first kappa shape index (κ1) is 13.2. The van der Waals surface area contributed by atoms with E-state index in [1.807, 2.05) is 0 Å². The largest absolute Gasteiger partial charge is 0.500 e. The quantitative estimate of drug-likeness (QED) is 0.601. The maximum absolute atomic E-state index is 10.8. The van der Waals surface area contributed by atoms with Gasteiger partial charge in [0.15, 0.2) is 5.75 Å². The zero-order chi connectivity index (χ0) is 13.0. The molecule has 17 heavy (non-hydrogen) atoms. The van der Waals surface area contributed by atoms with Crippen LogP contribution in [-0.4, -0.2) is 22.7 Å². The molecule has 0 aliphatic heterocycles. The summed E-state index contributed by atoms with van der Waals surface area (Å²) in [5, 5.41) is 20.4. The predicted molar refractivity (Wildman–Crippen MR) is 63.3 cm³/mol. The molecule has 0 saturated heterocycles. The maximum Gasteiger partial charge on any atom is 0.314 e. The molecule has 0 aliphatic carbocycles. The Morgan fingerprint density at radius 3 is 2.71 bits per heavy atom. The molecule has 0 fully saturated rings. The van der Waals surface area contributed by atoms with E-state index in [0.717, 1.165) is 0 Å². The number of nitrogens with zero attached hydrogens (tertiary/aromatic N) is 1. The monoisotopic (exact) mass is 240 g/mol. The molecule has 6 heteroatoms. The van der Waals surface area contributed by atoms with Crippen molar-refractivity contribution in [2.24, 2.45) is 5.73 Å². The maximum atomic E-state index is 10.8. The highest BCUT2D eigenvalue weighted by Crippen LogP contribution is 2.37. The molecule has 0 heterocycles. The molecular formula is C11H16N2O4. The molecule has 0 aromatic heterocycles. The molecule has 3 N–H and O–H groups in total. The van der Waals surface area contributed by atoms with E-state index in [2.05, 4.69) is 0 Å². The van der Waals surface area contributed by atoms with Crippen LogP contribution in [0.15, 0.2) is 12.1 Å². The first-order valence-corrected chi connectivity index (χ1v) is 5.34. The van der Waals surface area contributed by atoms with Crippen LogP contribution in [0.4, 0.5) is 5.69 Å². The van der Waals surface area contributed by atoms with Crippen molar-refractivity contribution in [1.29, 1.82) is 0 Å². The van der Waals surface area contributed by atoms with Crippen LogP contribution >= 0.6 is 0 Å². The Labute approximate surface area is 99.2 Å². The van der Waals surface area contributed by atoms with Gasteiger partial charge in [0, 0.05) is 12.1 Å². The first-order valence-electron chi connectivity index (χ1n) is 5.34. The highest BCUT2D eigenvalue weighted by atomic mass is 16.6. The number of aromatic hydroxyl groups is 1. The van der Waals surface area contributed by atoms with Crippen molar-refractivity contribution in [3.63, 3.8) is 0 Å². The predicted octanol–water partition coefficient (Wildman–Crippen LogP) is 1.59. The Balaban J connectivity index is 3.21. The van der Waals surface area contributed by atoms with E-state index in [1.54, 1.807) is 19.9 Å². The van der Waals surface area contributed by atoms with Crippen molar-refractivity contribution in [1.82, 2.24) is 0 Å². The summed E-state index contributed by atoms with van der Waals surface area (Å²) in [4.78, 5) is 10.1. The van der Waals surface area contributed by atoms with Gasteiger partial charge in [-0.15, -0.1) is 0 Å². The number of hydrogen-bond donors (Lipinski definition) is 2. The second kappa shape index (κ2) is 5.49. The lowest BCUT2D eigenvalue weighted by Gasteiger charge is -2.10. The van der Waals surface area contributed by atoms with Gasteiger partial charge in [-0.1, -0.05) is 0 Å². The second-order valence-electron chi connectivity index (χ2n) is 3.83. The van der Waals surface area contributed by atoms with Crippen LogP contribution in [0.25, 0.3) is 0 Å². The van der Waals surface area contributed by atoms with Crippen molar-refractivity contribution in [2.45, 2.75) is 26.3 Å². The molecule has 1 aromatic rings. The minimum absolute atomic E-state index is 0.117. The van der Waals surface area contributed by atoms with Crippen molar-refractivity contribution in [3.8, 4) is 11.5 Å². The van der Waals surface area contributed by atoms with Crippen LogP contribution in [0.5, 0.6) is 11.5 Å². The van der Waals surface area contributed by atoms with Crippen molar-refractivity contribution < 1.29 is 14.8 Å². The summed E-state index contributed by atoms with van der Waals surface area (Å²) in [5.41, 5.74) is 5.96. The van der Waals surface area contributed by atoms with E-state index in [0.29, 0.717) is 18.6 Å². The summed E-state index contributed by atoms with van der Waals surface area (Å²) in [6.45, 7) is 3.87. The normalized spacial score (nSPS) is 12.2. The van der Waals surface area contributed by atoms with Gasteiger partial charge >= 0.3 is 5.69 Å². The molecule has 1 unspecified atom stereocenters. The lowest BCUT2D eigenvalue weighted by atomic mass is 10.1. The number of ether oxygens (including phenoxy) is 1. The van der Waals surface area contributed by atoms with E-state index in [1.165, 1.54) is 6.07 Å². The SMILES string of the molecule is CCOc1cc(CC(C)N)cc([N+](=O)[O-])c1O. The fourth-order valence-electron chi connectivity index (χ4n) is 1.54. The van der Waals surface area contributed by atoms with Crippen LogP contribution in [0.3, 0.4) is 0 Å². The fraction of sp³-hybridized carbons (Fsp3) is 0.455. The number of phenols is 1. The van der Waals surface area contributed by atoms with Crippen LogP contribution in [-0.2, 0) is 6.42 Å². The molecule has 0 spiro atoms. The number of rotatable bonds is 5. The van der Waals surface area contributed by atoms with Gasteiger partial charge in [0.05, 0.1) is 11.5 Å². The molecule has 0 aliphatic rings. The van der Waals surface area contributed by atoms with E-state index < -0.39 is 10.7 Å². The molecule has 0 amide bonds. The Morgan fingerprint density at radius 1 is 1.59 bits per heavy atom.